The molecule has 1 aromatic heterocycles. The van der Waals surface area contributed by atoms with E-state index in [1.165, 1.54) is 23.4 Å². The van der Waals surface area contributed by atoms with Gasteiger partial charge in [-0.25, -0.2) is 4.98 Å². The summed E-state index contributed by atoms with van der Waals surface area (Å²) in [5.74, 6) is 0. The molecule has 4 heteroatoms. The third-order valence-electron chi connectivity index (χ3n) is 4.58. The number of nitriles is 1. The molecule has 1 aliphatic carbocycles. The molecule has 0 saturated carbocycles. The van der Waals surface area contributed by atoms with Crippen LogP contribution in [0.5, 0.6) is 0 Å². The Morgan fingerprint density at radius 3 is 2.88 bits per heavy atom. The second-order valence-electron chi connectivity index (χ2n) is 6.31. The molecule has 0 radical (unpaired) electrons. The predicted molar refractivity (Wildman–Crippen MR) is 105 cm³/mol. The van der Waals surface area contributed by atoms with Crippen molar-refractivity contribution in [2.24, 2.45) is 0 Å². The summed E-state index contributed by atoms with van der Waals surface area (Å²) in [7, 11) is 0. The summed E-state index contributed by atoms with van der Waals surface area (Å²) in [6.45, 7) is 8.89. The first-order chi connectivity index (χ1) is 12.2. The van der Waals surface area contributed by atoms with E-state index in [2.05, 4.69) is 24.1 Å². The van der Waals surface area contributed by atoms with Gasteiger partial charge in [-0.3, -0.25) is 0 Å². The van der Waals surface area contributed by atoms with Crippen LogP contribution in [-0.4, -0.2) is 11.5 Å². The minimum absolute atomic E-state index is 0.713. The van der Waals surface area contributed by atoms with Crippen molar-refractivity contribution in [3.05, 3.63) is 70.9 Å². The Labute approximate surface area is 153 Å². The number of nitrogens with zero attached hydrogens (tertiary/aromatic N) is 3. The van der Waals surface area contributed by atoms with E-state index in [0.29, 0.717) is 6.54 Å². The molecule has 3 nitrogen and oxygen atoms in total. The molecule has 128 valence electrons. The number of aryl methyl sites for hydroxylation is 3. The largest absolute Gasteiger partial charge is 0.318 e. The molecular formula is C21H23N3S. The lowest BCUT2D eigenvalue weighted by Crippen LogP contribution is -2.22. The average Bonchev–Trinajstić information content (AvgIpc) is 3.08. The lowest BCUT2D eigenvalue weighted by Gasteiger charge is -2.22. The van der Waals surface area contributed by atoms with Crippen molar-refractivity contribution in [2.75, 3.05) is 11.4 Å². The summed E-state index contributed by atoms with van der Waals surface area (Å²) < 4.78 is 0. The molecule has 1 aliphatic rings. The molecule has 0 N–H and O–H groups in total. The summed E-state index contributed by atoms with van der Waals surface area (Å²) in [5, 5.41) is 10.3. The summed E-state index contributed by atoms with van der Waals surface area (Å²) in [6, 6.07) is 10.0. The fourth-order valence-electron chi connectivity index (χ4n) is 3.19. The molecule has 25 heavy (non-hydrogen) atoms. The Bertz CT molecular complexity index is 789. The maximum absolute atomic E-state index is 9.24. The van der Waals surface area contributed by atoms with Gasteiger partial charge >= 0.3 is 0 Å². The third kappa shape index (κ3) is 4.00. The Balaban J connectivity index is 1.74. The first-order valence-corrected chi connectivity index (χ1v) is 9.57. The van der Waals surface area contributed by atoms with E-state index in [1.54, 1.807) is 11.3 Å². The van der Waals surface area contributed by atoms with E-state index in [0.717, 1.165) is 47.6 Å². The molecule has 0 amide bonds. The molecule has 0 aliphatic heterocycles. The van der Waals surface area contributed by atoms with Crippen molar-refractivity contribution in [3.8, 4) is 6.07 Å². The molecule has 1 heterocycles. The van der Waals surface area contributed by atoms with Gasteiger partial charge in [0.25, 0.3) is 0 Å². The second-order valence-corrected chi connectivity index (χ2v) is 7.37. The number of anilines is 1. The SMILES string of the molecule is C=CCN(C(=C)CCc1ccccc1C#N)c1nc2c(s1)CCCC2. The van der Waals surface area contributed by atoms with Gasteiger partial charge in [-0.1, -0.05) is 30.9 Å². The lowest BCUT2D eigenvalue weighted by molar-refractivity contribution is 0.682. The monoisotopic (exact) mass is 349 g/mol. The summed E-state index contributed by atoms with van der Waals surface area (Å²) >= 11 is 1.79. The van der Waals surface area contributed by atoms with Crippen molar-refractivity contribution >= 4 is 16.5 Å². The van der Waals surface area contributed by atoms with Crippen LogP contribution in [-0.2, 0) is 19.3 Å². The minimum Gasteiger partial charge on any atom is -0.318 e. The highest BCUT2D eigenvalue weighted by atomic mass is 32.1. The highest BCUT2D eigenvalue weighted by Crippen LogP contribution is 2.33. The van der Waals surface area contributed by atoms with Crippen molar-refractivity contribution in [1.29, 1.82) is 5.26 Å². The number of allylic oxidation sites excluding steroid dienone is 1. The smallest absolute Gasteiger partial charge is 0.190 e. The van der Waals surface area contributed by atoms with E-state index >= 15 is 0 Å². The number of hydrogen-bond donors (Lipinski definition) is 0. The molecule has 0 fully saturated rings. The standard InChI is InChI=1S/C21H23N3S/c1-3-14-24(21-23-19-10-6-7-11-20(19)25-21)16(2)12-13-17-8-4-5-9-18(17)15-22/h3-5,8-9H,1-2,6-7,10-14H2. The Morgan fingerprint density at radius 2 is 2.12 bits per heavy atom. The molecule has 0 spiro atoms. The highest BCUT2D eigenvalue weighted by Gasteiger charge is 2.19. The average molecular weight is 350 g/mol. The van der Waals surface area contributed by atoms with E-state index in [-0.39, 0.29) is 0 Å². The first kappa shape index (κ1) is 17.4. The fourth-order valence-corrected chi connectivity index (χ4v) is 4.39. The predicted octanol–water partition coefficient (Wildman–Crippen LogP) is 5.03. The van der Waals surface area contributed by atoms with Gasteiger partial charge in [-0.05, 0) is 50.2 Å². The Morgan fingerprint density at radius 1 is 1.32 bits per heavy atom. The highest BCUT2D eigenvalue weighted by molar-refractivity contribution is 7.15. The molecule has 0 atom stereocenters. The zero-order valence-corrected chi connectivity index (χ0v) is 15.3. The van der Waals surface area contributed by atoms with Crippen LogP contribution in [0.25, 0.3) is 0 Å². The van der Waals surface area contributed by atoms with E-state index in [4.69, 9.17) is 4.98 Å². The summed E-state index contributed by atoms with van der Waals surface area (Å²) in [5.41, 5.74) is 4.11. The van der Waals surface area contributed by atoms with Crippen LogP contribution >= 0.6 is 11.3 Å². The van der Waals surface area contributed by atoms with Crippen LogP contribution in [0.4, 0.5) is 5.13 Å². The van der Waals surface area contributed by atoms with Crippen molar-refractivity contribution in [2.45, 2.75) is 38.5 Å². The van der Waals surface area contributed by atoms with Crippen molar-refractivity contribution < 1.29 is 0 Å². The normalized spacial score (nSPS) is 12.9. The van der Waals surface area contributed by atoms with Gasteiger partial charge in [-0.2, -0.15) is 5.26 Å². The summed E-state index contributed by atoms with van der Waals surface area (Å²) in [6.07, 6.45) is 8.26. The van der Waals surface area contributed by atoms with Gasteiger partial charge in [0.2, 0.25) is 0 Å². The van der Waals surface area contributed by atoms with Gasteiger partial charge in [0.1, 0.15) is 0 Å². The van der Waals surface area contributed by atoms with Crippen LogP contribution in [0, 0.1) is 11.3 Å². The molecule has 2 aromatic rings. The van der Waals surface area contributed by atoms with Gasteiger partial charge in [0, 0.05) is 17.1 Å². The van der Waals surface area contributed by atoms with E-state index in [9.17, 15) is 5.26 Å². The Hall–Kier alpha value is -2.38. The third-order valence-corrected chi connectivity index (χ3v) is 5.76. The fraction of sp³-hybridized carbons (Fsp3) is 0.333. The molecule has 0 bridgehead atoms. The van der Waals surface area contributed by atoms with Crippen LogP contribution < -0.4 is 4.90 Å². The molecule has 3 rings (SSSR count). The minimum atomic E-state index is 0.713. The number of rotatable bonds is 7. The van der Waals surface area contributed by atoms with Gasteiger partial charge in [0.05, 0.1) is 17.3 Å². The maximum atomic E-state index is 9.24. The quantitative estimate of drug-likeness (QED) is 0.658. The Kier molecular flexibility index (Phi) is 5.67. The lowest BCUT2D eigenvalue weighted by atomic mass is 10.0. The molecule has 1 aromatic carbocycles. The van der Waals surface area contributed by atoms with Crippen molar-refractivity contribution in [3.63, 3.8) is 0 Å². The maximum Gasteiger partial charge on any atom is 0.190 e. The topological polar surface area (TPSA) is 39.9 Å². The van der Waals surface area contributed by atoms with Crippen LogP contribution in [0.2, 0.25) is 0 Å². The number of thiazole rings is 1. The van der Waals surface area contributed by atoms with Crippen molar-refractivity contribution in [1.82, 2.24) is 4.98 Å². The zero-order chi connectivity index (χ0) is 17.6. The molecule has 0 unspecified atom stereocenters. The van der Waals surface area contributed by atoms with Crippen LogP contribution in [0.1, 0.15) is 41.0 Å². The number of aromatic nitrogens is 1. The first-order valence-electron chi connectivity index (χ1n) is 8.75. The van der Waals surface area contributed by atoms with Crippen LogP contribution in [0.3, 0.4) is 0 Å². The van der Waals surface area contributed by atoms with Gasteiger partial charge < -0.3 is 4.90 Å². The van der Waals surface area contributed by atoms with E-state index < -0.39 is 0 Å². The molecule has 0 saturated heterocycles. The van der Waals surface area contributed by atoms with Crippen LogP contribution in [0.15, 0.2) is 49.2 Å². The van der Waals surface area contributed by atoms with Gasteiger partial charge in [-0.15, -0.1) is 17.9 Å². The number of fused-ring (bicyclic) bond motifs is 1. The summed E-state index contributed by atoms with van der Waals surface area (Å²) in [4.78, 5) is 8.46. The molecular weight excluding hydrogens is 326 g/mol. The zero-order valence-electron chi connectivity index (χ0n) is 14.5. The van der Waals surface area contributed by atoms with E-state index in [1.807, 2.05) is 30.3 Å². The second kappa shape index (κ2) is 8.13. The van der Waals surface area contributed by atoms with Gasteiger partial charge in [0.15, 0.2) is 5.13 Å². The number of benzene rings is 1. The number of hydrogen-bond acceptors (Lipinski definition) is 4.